The highest BCUT2D eigenvalue weighted by Gasteiger charge is 2.17. The molecule has 0 radical (unpaired) electrons. The summed E-state index contributed by atoms with van der Waals surface area (Å²) in [7, 11) is -4.34. The van der Waals surface area contributed by atoms with Crippen LogP contribution in [0.15, 0.2) is 32.6 Å². The highest BCUT2D eigenvalue weighted by molar-refractivity contribution is 7.85. The maximum atomic E-state index is 11.6. The molecule has 0 unspecified atom stereocenters. The van der Waals surface area contributed by atoms with E-state index in [4.69, 9.17) is 8.97 Å². The summed E-state index contributed by atoms with van der Waals surface area (Å²) in [4.78, 5) is 18.0. The lowest BCUT2D eigenvalue weighted by molar-refractivity contribution is 0.482. The predicted molar refractivity (Wildman–Crippen MR) is 66.7 cm³/mol. The fourth-order valence-corrected chi connectivity index (χ4v) is 2.75. The van der Waals surface area contributed by atoms with E-state index in [2.05, 4.69) is 9.97 Å². The second-order valence-electron chi connectivity index (χ2n) is 4.10. The van der Waals surface area contributed by atoms with Crippen molar-refractivity contribution in [1.82, 2.24) is 9.97 Å². The number of aromatic amines is 1. The second kappa shape index (κ2) is 3.65. The number of rotatable bonds is 1. The molecule has 3 rings (SSSR count). The van der Waals surface area contributed by atoms with Crippen LogP contribution in [0.2, 0.25) is 0 Å². The van der Waals surface area contributed by atoms with E-state index in [1.807, 2.05) is 0 Å². The van der Waals surface area contributed by atoms with Gasteiger partial charge in [-0.2, -0.15) is 8.42 Å². The average Bonchev–Trinajstić information content (AvgIpc) is 2.76. The van der Waals surface area contributed by atoms with E-state index in [0.29, 0.717) is 10.9 Å². The predicted octanol–water partition coefficient (Wildman–Crippen LogP) is 1.22. The molecule has 0 aliphatic carbocycles. The van der Waals surface area contributed by atoms with Gasteiger partial charge in [0.25, 0.3) is 10.1 Å². The molecule has 2 heterocycles. The maximum absolute atomic E-state index is 11.6. The summed E-state index contributed by atoms with van der Waals surface area (Å²) in [6.45, 7) is 1.50. The molecule has 0 aliphatic rings. The Morgan fingerprint density at radius 1 is 1.37 bits per heavy atom. The van der Waals surface area contributed by atoms with Gasteiger partial charge in [0.1, 0.15) is 5.58 Å². The van der Waals surface area contributed by atoms with Gasteiger partial charge in [0.2, 0.25) is 0 Å². The smallest absolute Gasteiger partial charge is 0.364 e. The molecular weight excluding hydrogens is 272 g/mol. The van der Waals surface area contributed by atoms with E-state index in [1.165, 1.54) is 25.4 Å². The summed E-state index contributed by atoms with van der Waals surface area (Å²) in [6.07, 6.45) is 1.31. The number of nitrogens with one attached hydrogen (secondary N) is 1. The standard InChI is InChI=1S/C11H8N2O5S/c1-5-2-7-6(3-8(5)19(15,16)17)9-10(11(14)18-7)13-4-12-9/h2-4H,1H3,(H,12,13)(H,15,16,17). The van der Waals surface area contributed by atoms with E-state index < -0.39 is 15.7 Å². The maximum Gasteiger partial charge on any atom is 0.364 e. The number of H-pyrrole nitrogens is 1. The van der Waals surface area contributed by atoms with Gasteiger partial charge in [-0.05, 0) is 24.6 Å². The van der Waals surface area contributed by atoms with Crippen molar-refractivity contribution in [2.75, 3.05) is 0 Å². The van der Waals surface area contributed by atoms with E-state index in [1.54, 1.807) is 0 Å². The van der Waals surface area contributed by atoms with Crippen LogP contribution >= 0.6 is 0 Å². The van der Waals surface area contributed by atoms with E-state index >= 15 is 0 Å². The van der Waals surface area contributed by atoms with Crippen molar-refractivity contribution in [3.63, 3.8) is 0 Å². The van der Waals surface area contributed by atoms with Crippen molar-refractivity contribution in [2.45, 2.75) is 11.8 Å². The molecule has 2 N–H and O–H groups in total. The zero-order valence-electron chi connectivity index (χ0n) is 9.67. The summed E-state index contributed by atoms with van der Waals surface area (Å²) < 4.78 is 36.8. The van der Waals surface area contributed by atoms with Crippen molar-refractivity contribution >= 4 is 32.1 Å². The van der Waals surface area contributed by atoms with Crippen LogP contribution in [-0.4, -0.2) is 22.9 Å². The molecule has 0 saturated carbocycles. The minimum atomic E-state index is -4.34. The van der Waals surface area contributed by atoms with Gasteiger partial charge in [0.15, 0.2) is 5.52 Å². The Morgan fingerprint density at radius 2 is 2.11 bits per heavy atom. The molecule has 19 heavy (non-hydrogen) atoms. The molecule has 7 nitrogen and oxygen atoms in total. The third kappa shape index (κ3) is 1.72. The zero-order valence-corrected chi connectivity index (χ0v) is 10.5. The number of aromatic nitrogens is 2. The lowest BCUT2D eigenvalue weighted by Crippen LogP contribution is -2.03. The lowest BCUT2D eigenvalue weighted by Gasteiger charge is -2.05. The molecule has 0 aliphatic heterocycles. The first-order chi connectivity index (χ1) is 8.88. The van der Waals surface area contributed by atoms with Crippen LogP contribution in [0.5, 0.6) is 0 Å². The van der Waals surface area contributed by atoms with Crippen LogP contribution in [0.1, 0.15) is 5.56 Å². The first-order valence-electron chi connectivity index (χ1n) is 5.26. The van der Waals surface area contributed by atoms with Crippen molar-refractivity contribution in [2.24, 2.45) is 0 Å². The number of imidazole rings is 1. The Bertz CT molecular complexity index is 968. The number of nitrogens with zero attached hydrogens (tertiary/aromatic N) is 1. The Labute approximate surface area is 106 Å². The first kappa shape index (κ1) is 11.9. The fraction of sp³-hybridized carbons (Fsp3) is 0.0909. The van der Waals surface area contributed by atoms with Crippen molar-refractivity contribution in [1.29, 1.82) is 0 Å². The Hall–Kier alpha value is -2.19. The van der Waals surface area contributed by atoms with Gasteiger partial charge >= 0.3 is 5.63 Å². The first-order valence-corrected chi connectivity index (χ1v) is 6.70. The summed E-state index contributed by atoms with van der Waals surface area (Å²) in [5.74, 6) is 0. The van der Waals surface area contributed by atoms with Crippen LogP contribution in [0.3, 0.4) is 0 Å². The Morgan fingerprint density at radius 3 is 2.79 bits per heavy atom. The monoisotopic (exact) mass is 280 g/mol. The van der Waals surface area contributed by atoms with Gasteiger partial charge in [-0.3, -0.25) is 4.55 Å². The summed E-state index contributed by atoms with van der Waals surface area (Å²) in [6, 6.07) is 2.64. The molecule has 8 heteroatoms. The van der Waals surface area contributed by atoms with Crippen LogP contribution in [0.25, 0.3) is 22.0 Å². The van der Waals surface area contributed by atoms with Crippen LogP contribution in [0, 0.1) is 6.92 Å². The number of hydrogen-bond donors (Lipinski definition) is 2. The molecule has 0 atom stereocenters. The molecule has 0 fully saturated rings. The molecule has 0 bridgehead atoms. The van der Waals surface area contributed by atoms with Crippen molar-refractivity contribution in [3.05, 3.63) is 34.4 Å². The molecule has 0 saturated heterocycles. The van der Waals surface area contributed by atoms with Gasteiger partial charge in [0, 0.05) is 5.39 Å². The number of fused-ring (bicyclic) bond motifs is 3. The molecule has 98 valence electrons. The highest BCUT2D eigenvalue weighted by Crippen LogP contribution is 2.26. The summed E-state index contributed by atoms with van der Waals surface area (Å²) in [5, 5.41) is 0.366. The number of hydrogen-bond acceptors (Lipinski definition) is 5. The second-order valence-corrected chi connectivity index (χ2v) is 5.49. The summed E-state index contributed by atoms with van der Waals surface area (Å²) in [5.41, 5.74) is 0.361. The van der Waals surface area contributed by atoms with Crippen LogP contribution in [-0.2, 0) is 10.1 Å². The topological polar surface area (TPSA) is 113 Å². The minimum absolute atomic E-state index is 0.0811. The lowest BCUT2D eigenvalue weighted by atomic mass is 10.1. The van der Waals surface area contributed by atoms with Gasteiger partial charge in [-0.1, -0.05) is 0 Å². The summed E-state index contributed by atoms with van der Waals surface area (Å²) >= 11 is 0. The largest absolute Gasteiger partial charge is 0.421 e. The van der Waals surface area contributed by atoms with Crippen LogP contribution in [0.4, 0.5) is 0 Å². The van der Waals surface area contributed by atoms with E-state index in [0.717, 1.165) is 0 Å². The molecule has 3 aromatic rings. The van der Waals surface area contributed by atoms with Gasteiger partial charge in [-0.15, -0.1) is 0 Å². The van der Waals surface area contributed by atoms with E-state index in [9.17, 15) is 13.2 Å². The van der Waals surface area contributed by atoms with Gasteiger partial charge < -0.3 is 9.40 Å². The Balaban J connectivity index is 2.58. The normalized spacial score (nSPS) is 12.3. The van der Waals surface area contributed by atoms with Crippen molar-refractivity contribution < 1.29 is 17.4 Å². The zero-order chi connectivity index (χ0) is 13.8. The molecular formula is C11H8N2O5S. The molecule has 0 spiro atoms. The number of aryl methyl sites for hydroxylation is 1. The third-order valence-corrected chi connectivity index (χ3v) is 3.86. The van der Waals surface area contributed by atoms with Crippen molar-refractivity contribution in [3.8, 4) is 0 Å². The van der Waals surface area contributed by atoms with Gasteiger partial charge in [-0.25, -0.2) is 9.78 Å². The number of benzene rings is 1. The Kier molecular flexibility index (Phi) is 2.28. The highest BCUT2D eigenvalue weighted by atomic mass is 32.2. The SMILES string of the molecule is Cc1cc2oc(=O)c3nc[nH]c3c2cc1S(=O)(=O)O. The van der Waals surface area contributed by atoms with E-state index in [-0.39, 0.29) is 21.6 Å². The van der Waals surface area contributed by atoms with Crippen LogP contribution < -0.4 is 5.63 Å². The molecule has 1 aromatic carbocycles. The molecule has 2 aromatic heterocycles. The molecule has 0 amide bonds. The minimum Gasteiger partial charge on any atom is -0.421 e. The third-order valence-electron chi connectivity index (χ3n) is 2.86. The average molecular weight is 280 g/mol. The fourth-order valence-electron chi connectivity index (χ4n) is 2.02. The quantitative estimate of drug-likeness (QED) is 0.512. The van der Waals surface area contributed by atoms with Gasteiger partial charge in [0.05, 0.1) is 16.7 Å².